The summed E-state index contributed by atoms with van der Waals surface area (Å²) in [7, 11) is 8.60. The van der Waals surface area contributed by atoms with Crippen LogP contribution in [0.2, 0.25) is 0 Å². The number of benzene rings is 1. The van der Waals surface area contributed by atoms with Crippen molar-refractivity contribution in [2.24, 2.45) is 0 Å². The predicted octanol–water partition coefficient (Wildman–Crippen LogP) is 2.12. The highest BCUT2D eigenvalue weighted by atomic mass is 16.5. The maximum absolute atomic E-state index is 12.6. The Labute approximate surface area is 165 Å². The van der Waals surface area contributed by atoms with Crippen molar-refractivity contribution in [3.05, 3.63) is 30.2 Å². The van der Waals surface area contributed by atoms with E-state index in [1.807, 2.05) is 14.1 Å². The van der Waals surface area contributed by atoms with E-state index in [2.05, 4.69) is 25.5 Å². The van der Waals surface area contributed by atoms with Crippen molar-refractivity contribution in [3.8, 4) is 17.2 Å². The van der Waals surface area contributed by atoms with Gasteiger partial charge < -0.3 is 29.7 Å². The summed E-state index contributed by atoms with van der Waals surface area (Å²) >= 11 is 0. The molecule has 2 N–H and O–H groups in total. The number of rotatable bonds is 10. The van der Waals surface area contributed by atoms with Crippen LogP contribution in [0.25, 0.3) is 0 Å². The first-order valence-corrected chi connectivity index (χ1v) is 8.80. The van der Waals surface area contributed by atoms with Crippen molar-refractivity contribution < 1.29 is 19.0 Å². The molecule has 0 saturated carbocycles. The molecule has 0 saturated heterocycles. The van der Waals surface area contributed by atoms with E-state index in [1.165, 1.54) is 27.7 Å². The van der Waals surface area contributed by atoms with Crippen molar-refractivity contribution in [1.82, 2.24) is 14.9 Å². The van der Waals surface area contributed by atoms with Crippen LogP contribution in [0.4, 0.5) is 11.5 Å². The molecule has 9 heteroatoms. The maximum Gasteiger partial charge on any atom is 0.274 e. The number of carbonyl (C=O) groups is 1. The minimum atomic E-state index is -0.368. The van der Waals surface area contributed by atoms with Gasteiger partial charge in [0.15, 0.2) is 11.5 Å². The zero-order valence-corrected chi connectivity index (χ0v) is 16.9. The summed E-state index contributed by atoms with van der Waals surface area (Å²) < 4.78 is 15.9. The largest absolute Gasteiger partial charge is 0.493 e. The third kappa shape index (κ3) is 5.71. The summed E-state index contributed by atoms with van der Waals surface area (Å²) in [6, 6.07) is 4.92. The number of nitrogens with zero attached hydrogens (tertiary/aromatic N) is 3. The van der Waals surface area contributed by atoms with E-state index < -0.39 is 0 Å². The Morgan fingerprint density at radius 2 is 1.71 bits per heavy atom. The molecule has 2 aromatic rings. The number of ether oxygens (including phenoxy) is 3. The molecule has 1 heterocycles. The molecular formula is C19H27N5O4. The minimum Gasteiger partial charge on any atom is -0.493 e. The summed E-state index contributed by atoms with van der Waals surface area (Å²) in [5.41, 5.74) is 0.748. The molecule has 0 fully saturated rings. The molecule has 0 bridgehead atoms. The maximum atomic E-state index is 12.6. The highest BCUT2D eigenvalue weighted by Gasteiger charge is 2.16. The smallest absolute Gasteiger partial charge is 0.274 e. The Morgan fingerprint density at radius 1 is 1.04 bits per heavy atom. The Morgan fingerprint density at radius 3 is 2.29 bits per heavy atom. The number of hydrogen-bond acceptors (Lipinski definition) is 8. The molecule has 0 atom stereocenters. The molecule has 0 spiro atoms. The Hall–Kier alpha value is -3.07. The average molecular weight is 389 g/mol. The lowest BCUT2D eigenvalue weighted by Crippen LogP contribution is -2.17. The molecule has 1 amide bonds. The fraction of sp³-hybridized carbons (Fsp3) is 0.421. The summed E-state index contributed by atoms with van der Waals surface area (Å²) in [5.74, 6) is 1.58. The van der Waals surface area contributed by atoms with Crippen LogP contribution < -0.4 is 24.8 Å². The van der Waals surface area contributed by atoms with Gasteiger partial charge in [-0.05, 0) is 27.1 Å². The van der Waals surface area contributed by atoms with Crippen LogP contribution in [0, 0.1) is 0 Å². The lowest BCUT2D eigenvalue weighted by Gasteiger charge is -2.14. The third-order valence-electron chi connectivity index (χ3n) is 3.91. The highest BCUT2D eigenvalue weighted by molar-refractivity contribution is 6.03. The summed E-state index contributed by atoms with van der Waals surface area (Å²) in [6.45, 7) is 1.72. The molecule has 1 aromatic carbocycles. The third-order valence-corrected chi connectivity index (χ3v) is 3.91. The molecule has 0 radical (unpaired) electrons. The average Bonchev–Trinajstić information content (AvgIpc) is 2.70. The van der Waals surface area contributed by atoms with Crippen molar-refractivity contribution in [3.63, 3.8) is 0 Å². The molecule has 0 aliphatic carbocycles. The van der Waals surface area contributed by atoms with Crippen molar-refractivity contribution in [2.45, 2.75) is 6.42 Å². The molecule has 28 heavy (non-hydrogen) atoms. The molecule has 0 unspecified atom stereocenters. The van der Waals surface area contributed by atoms with Gasteiger partial charge >= 0.3 is 0 Å². The fourth-order valence-electron chi connectivity index (χ4n) is 2.54. The van der Waals surface area contributed by atoms with Crippen LogP contribution in [0.1, 0.15) is 16.9 Å². The SMILES string of the molecule is COc1cc(NC(=O)c2cc(NCCCN(C)C)ncn2)cc(OC)c1OC. The van der Waals surface area contributed by atoms with Gasteiger partial charge in [-0.1, -0.05) is 0 Å². The number of aromatic nitrogens is 2. The summed E-state index contributed by atoms with van der Waals surface area (Å²) in [6.07, 6.45) is 2.32. The van der Waals surface area contributed by atoms with Crippen LogP contribution in [-0.2, 0) is 0 Å². The van der Waals surface area contributed by atoms with E-state index in [-0.39, 0.29) is 11.6 Å². The van der Waals surface area contributed by atoms with Crippen molar-refractivity contribution in [1.29, 1.82) is 0 Å². The minimum absolute atomic E-state index is 0.249. The highest BCUT2D eigenvalue weighted by Crippen LogP contribution is 2.39. The molecule has 0 aliphatic heterocycles. The number of carbonyl (C=O) groups excluding carboxylic acids is 1. The van der Waals surface area contributed by atoms with Gasteiger partial charge in [0, 0.05) is 30.4 Å². The first kappa shape index (κ1) is 21.2. The van der Waals surface area contributed by atoms with Gasteiger partial charge in [-0.15, -0.1) is 0 Å². The van der Waals surface area contributed by atoms with E-state index in [0.717, 1.165) is 19.5 Å². The van der Waals surface area contributed by atoms with Gasteiger partial charge in [0.05, 0.1) is 21.3 Å². The van der Waals surface area contributed by atoms with E-state index in [0.29, 0.717) is 28.8 Å². The molecule has 9 nitrogen and oxygen atoms in total. The lowest BCUT2D eigenvalue weighted by molar-refractivity contribution is 0.102. The van der Waals surface area contributed by atoms with Crippen LogP contribution in [0.5, 0.6) is 17.2 Å². The van der Waals surface area contributed by atoms with Crippen LogP contribution in [0.15, 0.2) is 24.5 Å². The second kappa shape index (κ2) is 10.3. The van der Waals surface area contributed by atoms with E-state index in [4.69, 9.17) is 14.2 Å². The van der Waals surface area contributed by atoms with Crippen LogP contribution >= 0.6 is 0 Å². The molecule has 2 rings (SSSR count). The summed E-state index contributed by atoms with van der Waals surface area (Å²) in [5, 5.41) is 5.99. The number of nitrogens with one attached hydrogen (secondary N) is 2. The molecule has 152 valence electrons. The zero-order valence-electron chi connectivity index (χ0n) is 16.9. The van der Waals surface area contributed by atoms with Crippen LogP contribution in [-0.4, -0.2) is 69.3 Å². The first-order valence-electron chi connectivity index (χ1n) is 8.80. The zero-order chi connectivity index (χ0) is 20.5. The fourth-order valence-corrected chi connectivity index (χ4v) is 2.54. The van der Waals surface area contributed by atoms with E-state index in [9.17, 15) is 4.79 Å². The Kier molecular flexibility index (Phi) is 7.82. The van der Waals surface area contributed by atoms with E-state index >= 15 is 0 Å². The first-order chi connectivity index (χ1) is 13.5. The van der Waals surface area contributed by atoms with Gasteiger partial charge in [-0.25, -0.2) is 9.97 Å². The van der Waals surface area contributed by atoms with Gasteiger partial charge in [0.25, 0.3) is 5.91 Å². The Balaban J connectivity index is 2.09. The quantitative estimate of drug-likeness (QED) is 0.597. The predicted molar refractivity (Wildman–Crippen MR) is 108 cm³/mol. The normalized spacial score (nSPS) is 10.5. The van der Waals surface area contributed by atoms with Crippen LogP contribution in [0.3, 0.4) is 0 Å². The second-order valence-electron chi connectivity index (χ2n) is 6.24. The monoisotopic (exact) mass is 389 g/mol. The van der Waals surface area contributed by atoms with Gasteiger partial charge in [0.2, 0.25) is 5.75 Å². The summed E-state index contributed by atoms with van der Waals surface area (Å²) in [4.78, 5) is 22.9. The van der Waals surface area contributed by atoms with Crippen molar-refractivity contribution in [2.75, 3.05) is 59.1 Å². The standard InChI is InChI=1S/C19H27N5O4/c1-24(2)8-6-7-20-17-11-14(21-12-22-17)19(25)23-13-9-15(26-3)18(28-5)16(10-13)27-4/h9-12H,6-8H2,1-5H3,(H,23,25)(H,20,21,22). The van der Waals surface area contributed by atoms with Gasteiger partial charge in [-0.3, -0.25) is 4.79 Å². The van der Waals surface area contributed by atoms with Gasteiger partial charge in [0.1, 0.15) is 17.8 Å². The van der Waals surface area contributed by atoms with Gasteiger partial charge in [-0.2, -0.15) is 0 Å². The molecular weight excluding hydrogens is 362 g/mol. The topological polar surface area (TPSA) is 97.8 Å². The second-order valence-corrected chi connectivity index (χ2v) is 6.24. The Bertz CT molecular complexity index is 773. The lowest BCUT2D eigenvalue weighted by atomic mass is 10.2. The number of anilines is 2. The number of hydrogen-bond donors (Lipinski definition) is 2. The van der Waals surface area contributed by atoms with E-state index in [1.54, 1.807) is 18.2 Å². The number of methoxy groups -OCH3 is 3. The molecule has 1 aromatic heterocycles. The number of amides is 1. The molecule has 0 aliphatic rings. The van der Waals surface area contributed by atoms with Crippen molar-refractivity contribution >= 4 is 17.4 Å².